The van der Waals surface area contributed by atoms with Crippen molar-refractivity contribution in [2.24, 2.45) is 7.05 Å². The van der Waals surface area contributed by atoms with Gasteiger partial charge in [-0.1, -0.05) is 6.07 Å². The molecule has 10 nitrogen and oxygen atoms in total. The van der Waals surface area contributed by atoms with Crippen LogP contribution in [-0.4, -0.2) is 60.8 Å². The molecule has 0 radical (unpaired) electrons. The maximum absolute atomic E-state index is 13.4. The second-order valence-corrected chi connectivity index (χ2v) is 8.67. The van der Waals surface area contributed by atoms with Gasteiger partial charge in [-0.05, 0) is 36.8 Å². The van der Waals surface area contributed by atoms with Crippen LogP contribution in [0.5, 0.6) is 0 Å². The van der Waals surface area contributed by atoms with Crippen molar-refractivity contribution in [3.63, 3.8) is 0 Å². The quantitative estimate of drug-likeness (QED) is 0.424. The molecule has 0 aliphatic rings. The standard InChI is InChI=1S/C25H26N8O2/c1-15-21(13-32(29-15)14-23(34)30(3)4)33-24-18-10-16(17-7-9-22(26-2)28-11-17)6-8-19(18)27-12-20(24)31(5)25(33)35/h6-13H,14H2,1-5H3,(H,26,28). The number of pyridine rings is 2. The molecule has 5 rings (SSSR count). The van der Waals surface area contributed by atoms with Gasteiger partial charge in [0.2, 0.25) is 5.91 Å². The Morgan fingerprint density at radius 1 is 1.09 bits per heavy atom. The lowest BCUT2D eigenvalue weighted by atomic mass is 10.0. The highest BCUT2D eigenvalue weighted by Gasteiger charge is 2.20. The number of nitrogens with zero attached hydrogens (tertiary/aromatic N) is 7. The summed E-state index contributed by atoms with van der Waals surface area (Å²) >= 11 is 0. The lowest BCUT2D eigenvalue weighted by molar-refractivity contribution is -0.129. The van der Waals surface area contributed by atoms with Crippen molar-refractivity contribution in [3.8, 4) is 16.8 Å². The summed E-state index contributed by atoms with van der Waals surface area (Å²) in [6, 6.07) is 9.90. The molecule has 178 valence electrons. The molecule has 5 aromatic rings. The Morgan fingerprint density at radius 2 is 1.86 bits per heavy atom. The van der Waals surface area contributed by atoms with Crippen molar-refractivity contribution in [2.45, 2.75) is 13.5 Å². The summed E-state index contributed by atoms with van der Waals surface area (Å²) in [7, 11) is 6.96. The monoisotopic (exact) mass is 470 g/mol. The molecule has 0 fully saturated rings. The number of hydrogen-bond acceptors (Lipinski definition) is 6. The fraction of sp³-hybridized carbons (Fsp3) is 0.240. The number of carbonyl (C=O) groups is 1. The second-order valence-electron chi connectivity index (χ2n) is 8.67. The fourth-order valence-electron chi connectivity index (χ4n) is 4.20. The number of aromatic nitrogens is 6. The van der Waals surface area contributed by atoms with Crippen LogP contribution in [0.15, 0.2) is 53.7 Å². The van der Waals surface area contributed by atoms with Gasteiger partial charge in [0.05, 0.1) is 40.3 Å². The number of hydrogen-bond donors (Lipinski definition) is 1. The first-order chi connectivity index (χ1) is 16.8. The van der Waals surface area contributed by atoms with Gasteiger partial charge >= 0.3 is 5.69 Å². The summed E-state index contributed by atoms with van der Waals surface area (Å²) in [6.07, 6.45) is 5.27. The van der Waals surface area contributed by atoms with Crippen LogP contribution in [0.25, 0.3) is 38.8 Å². The molecule has 0 aliphatic carbocycles. The van der Waals surface area contributed by atoms with Crippen LogP contribution in [0.1, 0.15) is 5.69 Å². The smallest absolute Gasteiger partial charge is 0.333 e. The summed E-state index contributed by atoms with van der Waals surface area (Å²) in [6.45, 7) is 1.93. The van der Waals surface area contributed by atoms with Crippen molar-refractivity contribution in [3.05, 3.63) is 65.1 Å². The van der Waals surface area contributed by atoms with E-state index in [1.165, 1.54) is 4.90 Å². The minimum Gasteiger partial charge on any atom is -0.373 e. The molecular formula is C25H26N8O2. The Morgan fingerprint density at radius 3 is 2.54 bits per heavy atom. The van der Waals surface area contributed by atoms with E-state index in [4.69, 9.17) is 0 Å². The SMILES string of the molecule is CNc1ccc(-c2ccc3ncc4c(c3c2)n(-c2cn(CC(=O)N(C)C)nc2C)c(=O)n4C)cn1. The van der Waals surface area contributed by atoms with Crippen molar-refractivity contribution >= 4 is 33.7 Å². The largest absolute Gasteiger partial charge is 0.373 e. The van der Waals surface area contributed by atoms with E-state index in [1.54, 1.807) is 47.4 Å². The van der Waals surface area contributed by atoms with Gasteiger partial charge in [0, 0.05) is 45.3 Å². The highest BCUT2D eigenvalue weighted by molar-refractivity contribution is 6.04. The van der Waals surface area contributed by atoms with E-state index in [-0.39, 0.29) is 18.1 Å². The number of carbonyl (C=O) groups excluding carboxylic acids is 1. The van der Waals surface area contributed by atoms with Gasteiger partial charge in [0.25, 0.3) is 0 Å². The molecule has 0 atom stereocenters. The lowest BCUT2D eigenvalue weighted by Crippen LogP contribution is -2.26. The van der Waals surface area contributed by atoms with Crippen molar-refractivity contribution in [1.29, 1.82) is 0 Å². The zero-order chi connectivity index (χ0) is 24.9. The summed E-state index contributed by atoms with van der Waals surface area (Å²) in [5.74, 6) is 0.706. The van der Waals surface area contributed by atoms with E-state index in [0.29, 0.717) is 16.9 Å². The minimum absolute atomic E-state index is 0.0819. The predicted molar refractivity (Wildman–Crippen MR) is 136 cm³/mol. The molecule has 0 aliphatic heterocycles. The van der Waals surface area contributed by atoms with Gasteiger partial charge in [0.1, 0.15) is 12.4 Å². The zero-order valence-electron chi connectivity index (χ0n) is 20.3. The first-order valence-corrected chi connectivity index (χ1v) is 11.2. The topological polar surface area (TPSA) is 103 Å². The molecule has 4 aromatic heterocycles. The highest BCUT2D eigenvalue weighted by Crippen LogP contribution is 2.30. The Bertz CT molecular complexity index is 1640. The molecule has 1 amide bonds. The zero-order valence-corrected chi connectivity index (χ0v) is 20.3. The number of amides is 1. The summed E-state index contributed by atoms with van der Waals surface area (Å²) in [5, 5.41) is 8.36. The van der Waals surface area contributed by atoms with Crippen LogP contribution in [0.3, 0.4) is 0 Å². The van der Waals surface area contributed by atoms with Crippen molar-refractivity contribution in [1.82, 2.24) is 33.8 Å². The summed E-state index contributed by atoms with van der Waals surface area (Å²) in [4.78, 5) is 36.2. The van der Waals surface area contributed by atoms with Gasteiger partial charge in [-0.3, -0.25) is 23.6 Å². The third-order valence-electron chi connectivity index (χ3n) is 6.19. The van der Waals surface area contributed by atoms with E-state index in [0.717, 1.165) is 33.4 Å². The third kappa shape index (κ3) is 3.72. The average molecular weight is 471 g/mol. The number of rotatable bonds is 5. The molecule has 0 saturated carbocycles. The number of likely N-dealkylation sites (N-methyl/N-ethyl adjacent to an activating group) is 1. The van der Waals surface area contributed by atoms with Gasteiger partial charge in [-0.2, -0.15) is 5.10 Å². The van der Waals surface area contributed by atoms with Crippen LogP contribution < -0.4 is 11.0 Å². The van der Waals surface area contributed by atoms with E-state index < -0.39 is 0 Å². The molecular weight excluding hydrogens is 444 g/mol. The van der Waals surface area contributed by atoms with Crippen molar-refractivity contribution in [2.75, 3.05) is 26.5 Å². The molecule has 0 saturated heterocycles. The lowest BCUT2D eigenvalue weighted by Gasteiger charge is -2.09. The van der Waals surface area contributed by atoms with Gasteiger partial charge in [0.15, 0.2) is 0 Å². The maximum atomic E-state index is 13.4. The minimum atomic E-state index is -0.207. The molecule has 10 heteroatoms. The Kier molecular flexibility index (Phi) is 5.35. The molecule has 1 N–H and O–H groups in total. The normalized spacial score (nSPS) is 11.3. The van der Waals surface area contributed by atoms with E-state index in [2.05, 4.69) is 20.4 Å². The van der Waals surface area contributed by atoms with E-state index >= 15 is 0 Å². The number of nitrogens with one attached hydrogen (secondary N) is 1. The fourth-order valence-corrected chi connectivity index (χ4v) is 4.20. The van der Waals surface area contributed by atoms with Crippen molar-refractivity contribution < 1.29 is 4.79 Å². The maximum Gasteiger partial charge on any atom is 0.333 e. The molecule has 35 heavy (non-hydrogen) atoms. The average Bonchev–Trinajstić information content (AvgIpc) is 3.34. The number of benzene rings is 1. The first-order valence-electron chi connectivity index (χ1n) is 11.2. The van der Waals surface area contributed by atoms with Crippen LogP contribution in [0.4, 0.5) is 5.82 Å². The Balaban J connectivity index is 1.73. The van der Waals surface area contributed by atoms with Gasteiger partial charge in [-0.15, -0.1) is 0 Å². The first kappa shape index (κ1) is 22.3. The molecule has 0 unspecified atom stereocenters. The third-order valence-corrected chi connectivity index (χ3v) is 6.19. The van der Waals surface area contributed by atoms with Crippen LogP contribution in [-0.2, 0) is 18.4 Å². The number of fused-ring (bicyclic) bond motifs is 3. The van der Waals surface area contributed by atoms with E-state index in [1.807, 2.05) is 50.5 Å². The van der Waals surface area contributed by atoms with Gasteiger partial charge < -0.3 is 10.2 Å². The number of aryl methyl sites for hydroxylation is 2. The number of imidazole rings is 1. The highest BCUT2D eigenvalue weighted by atomic mass is 16.2. The van der Waals surface area contributed by atoms with Crippen LogP contribution in [0, 0.1) is 6.92 Å². The molecule has 4 heterocycles. The predicted octanol–water partition coefficient (Wildman–Crippen LogP) is 2.57. The molecule has 1 aromatic carbocycles. The summed E-state index contributed by atoms with van der Waals surface area (Å²) < 4.78 is 4.81. The Labute approximate surface area is 201 Å². The second kappa shape index (κ2) is 8.39. The molecule has 0 spiro atoms. The Hall–Kier alpha value is -4.47. The van der Waals surface area contributed by atoms with E-state index in [9.17, 15) is 9.59 Å². The van der Waals surface area contributed by atoms with Crippen LogP contribution >= 0.6 is 0 Å². The van der Waals surface area contributed by atoms with Crippen LogP contribution in [0.2, 0.25) is 0 Å². The van der Waals surface area contributed by atoms with Gasteiger partial charge in [-0.25, -0.2) is 9.78 Å². The summed E-state index contributed by atoms with van der Waals surface area (Å²) in [5.41, 5.74) is 5.22. The number of anilines is 1. The molecule has 0 bridgehead atoms.